The van der Waals surface area contributed by atoms with Gasteiger partial charge >= 0.3 is 5.97 Å². The van der Waals surface area contributed by atoms with Crippen molar-refractivity contribution in [2.75, 3.05) is 7.05 Å². The van der Waals surface area contributed by atoms with Crippen LogP contribution in [-0.2, 0) is 27.8 Å². The summed E-state index contributed by atoms with van der Waals surface area (Å²) in [5, 5.41) is 8.65. The Morgan fingerprint density at radius 3 is 2.50 bits per heavy atom. The molecule has 0 saturated carbocycles. The number of carbonyl (C=O) groups is 1. The monoisotopic (exact) mass is 340 g/mol. The van der Waals surface area contributed by atoms with Crippen LogP contribution in [0.1, 0.15) is 16.9 Å². The van der Waals surface area contributed by atoms with Crippen molar-refractivity contribution in [3.63, 3.8) is 0 Å². The highest BCUT2D eigenvalue weighted by Gasteiger charge is 2.21. The van der Waals surface area contributed by atoms with E-state index in [9.17, 15) is 13.2 Å². The van der Waals surface area contributed by atoms with Gasteiger partial charge in [0.1, 0.15) is 0 Å². The molecule has 0 spiro atoms. The van der Waals surface area contributed by atoms with E-state index in [1.54, 1.807) is 24.4 Å². The summed E-state index contributed by atoms with van der Waals surface area (Å²) < 4.78 is 30.1. The highest BCUT2D eigenvalue weighted by atomic mass is 32.2. The second-order valence-corrected chi connectivity index (χ2v) is 7.74. The predicted molar refractivity (Wildman–Crippen MR) is 83.2 cm³/mol. The fraction of sp³-hybridized carbons (Fsp3) is 0.286. The Bertz CT molecular complexity index is 725. The van der Waals surface area contributed by atoms with Crippen LogP contribution in [0.3, 0.4) is 0 Å². The number of hydrogen-bond acceptors (Lipinski definition) is 5. The first-order valence-electron chi connectivity index (χ1n) is 6.56. The van der Waals surface area contributed by atoms with E-state index in [0.29, 0.717) is 6.42 Å². The number of aliphatic carboxylic acids is 1. The Balaban J connectivity index is 2.10. The van der Waals surface area contributed by atoms with E-state index in [1.165, 1.54) is 35.0 Å². The van der Waals surface area contributed by atoms with Gasteiger partial charge in [-0.05, 0) is 41.7 Å². The van der Waals surface area contributed by atoms with Crippen LogP contribution in [0, 0.1) is 0 Å². The first kappa shape index (κ1) is 16.6. The molecule has 2 aromatic rings. The Hall–Kier alpha value is -1.77. The number of hydrogen-bond donors (Lipinski definition) is 1. The van der Waals surface area contributed by atoms with Crippen molar-refractivity contribution in [2.24, 2.45) is 0 Å². The van der Waals surface area contributed by atoms with Gasteiger partial charge in [0.25, 0.3) is 0 Å². The van der Waals surface area contributed by atoms with Crippen molar-refractivity contribution in [2.45, 2.75) is 24.3 Å². The summed E-state index contributed by atoms with van der Waals surface area (Å²) in [6.45, 7) is 0.272. The molecule has 6 nitrogen and oxygen atoms in total. The lowest BCUT2D eigenvalue weighted by Gasteiger charge is -2.16. The molecule has 8 heteroatoms. The molecule has 0 aliphatic heterocycles. The lowest BCUT2D eigenvalue weighted by Crippen LogP contribution is -2.26. The van der Waals surface area contributed by atoms with E-state index in [0.717, 1.165) is 10.4 Å². The molecule has 0 saturated heterocycles. The van der Waals surface area contributed by atoms with E-state index >= 15 is 0 Å². The summed E-state index contributed by atoms with van der Waals surface area (Å²) in [6, 6.07) is 8.10. The third-order valence-electron chi connectivity index (χ3n) is 3.13. The summed E-state index contributed by atoms with van der Waals surface area (Å²) in [6.07, 6.45) is 2.04. The normalized spacial score (nSPS) is 11.7. The number of aromatic nitrogens is 1. The minimum absolute atomic E-state index is 0.0252. The van der Waals surface area contributed by atoms with Crippen molar-refractivity contribution >= 4 is 27.5 Å². The number of benzene rings is 1. The Morgan fingerprint density at radius 1 is 1.27 bits per heavy atom. The zero-order valence-corrected chi connectivity index (χ0v) is 13.6. The maximum absolute atomic E-state index is 12.5. The van der Waals surface area contributed by atoms with Gasteiger partial charge in [-0.3, -0.25) is 4.79 Å². The second-order valence-electron chi connectivity index (χ2n) is 4.78. The summed E-state index contributed by atoms with van der Waals surface area (Å²) in [7, 11) is -2.05. The van der Waals surface area contributed by atoms with Gasteiger partial charge in [0.15, 0.2) is 0 Å². The molecule has 0 radical (unpaired) electrons. The van der Waals surface area contributed by atoms with Crippen LogP contribution in [0.2, 0.25) is 0 Å². The van der Waals surface area contributed by atoms with Gasteiger partial charge in [-0.15, -0.1) is 0 Å². The Labute approximate surface area is 133 Å². The third kappa shape index (κ3) is 4.12. The van der Waals surface area contributed by atoms with Gasteiger partial charge in [0, 0.05) is 31.1 Å². The van der Waals surface area contributed by atoms with Crippen molar-refractivity contribution in [3.8, 4) is 0 Å². The molecule has 1 N–H and O–H groups in total. The van der Waals surface area contributed by atoms with Crippen molar-refractivity contribution in [1.29, 1.82) is 0 Å². The molecule has 0 unspecified atom stereocenters. The summed E-state index contributed by atoms with van der Waals surface area (Å²) in [4.78, 5) is 11.6. The highest BCUT2D eigenvalue weighted by Crippen LogP contribution is 2.19. The fourth-order valence-corrected chi connectivity index (χ4v) is 3.75. The smallest absolute Gasteiger partial charge is 0.303 e. The average molecular weight is 340 g/mol. The molecule has 0 bridgehead atoms. The van der Waals surface area contributed by atoms with Gasteiger partial charge in [0.05, 0.1) is 4.90 Å². The topological polar surface area (TPSA) is 87.6 Å². The number of sulfonamides is 1. The molecule has 1 aromatic carbocycles. The predicted octanol–water partition coefficient (Wildman–Crippen LogP) is 1.98. The SMILES string of the molecule is CN(Cc1ccns1)S(=O)(=O)c1ccc(CCC(=O)O)cc1. The molecule has 0 aliphatic carbocycles. The van der Waals surface area contributed by atoms with Crippen LogP contribution in [0.5, 0.6) is 0 Å². The molecule has 0 amide bonds. The maximum Gasteiger partial charge on any atom is 0.303 e. The molecule has 0 atom stereocenters. The quantitative estimate of drug-likeness (QED) is 0.833. The molecule has 1 aromatic heterocycles. The van der Waals surface area contributed by atoms with Crippen LogP contribution in [0.25, 0.3) is 0 Å². The summed E-state index contributed by atoms with van der Waals surface area (Å²) in [5.74, 6) is -0.874. The molecule has 0 fully saturated rings. The van der Waals surface area contributed by atoms with Gasteiger partial charge in [-0.1, -0.05) is 12.1 Å². The van der Waals surface area contributed by atoms with Crippen LogP contribution in [0.4, 0.5) is 0 Å². The number of aryl methyl sites for hydroxylation is 1. The largest absolute Gasteiger partial charge is 0.481 e. The first-order valence-corrected chi connectivity index (χ1v) is 8.77. The van der Waals surface area contributed by atoms with Crippen molar-refractivity contribution in [1.82, 2.24) is 8.68 Å². The lowest BCUT2D eigenvalue weighted by molar-refractivity contribution is -0.136. The van der Waals surface area contributed by atoms with Crippen LogP contribution in [-0.4, -0.2) is 35.2 Å². The minimum atomic E-state index is -3.57. The fourth-order valence-electron chi connectivity index (χ4n) is 1.89. The van der Waals surface area contributed by atoms with E-state index in [2.05, 4.69) is 4.37 Å². The molecule has 1 heterocycles. The third-order valence-corrected chi connectivity index (χ3v) is 5.67. The van der Waals surface area contributed by atoms with Gasteiger partial charge < -0.3 is 5.11 Å². The number of rotatable bonds is 7. The highest BCUT2D eigenvalue weighted by molar-refractivity contribution is 7.89. The zero-order valence-electron chi connectivity index (χ0n) is 12.0. The van der Waals surface area contributed by atoms with Gasteiger partial charge in [-0.2, -0.15) is 4.31 Å². The Morgan fingerprint density at radius 2 is 1.95 bits per heavy atom. The lowest BCUT2D eigenvalue weighted by atomic mass is 10.1. The van der Waals surface area contributed by atoms with E-state index in [4.69, 9.17) is 5.11 Å². The van der Waals surface area contributed by atoms with Crippen LogP contribution < -0.4 is 0 Å². The molecular weight excluding hydrogens is 324 g/mol. The van der Waals surface area contributed by atoms with Crippen LogP contribution in [0.15, 0.2) is 41.4 Å². The second kappa shape index (κ2) is 6.99. The molecule has 22 heavy (non-hydrogen) atoms. The van der Waals surface area contributed by atoms with Gasteiger partial charge in [-0.25, -0.2) is 12.8 Å². The molecule has 2 rings (SSSR count). The van der Waals surface area contributed by atoms with E-state index < -0.39 is 16.0 Å². The minimum Gasteiger partial charge on any atom is -0.481 e. The van der Waals surface area contributed by atoms with Crippen molar-refractivity contribution < 1.29 is 18.3 Å². The van der Waals surface area contributed by atoms with E-state index in [-0.39, 0.29) is 17.9 Å². The zero-order chi connectivity index (χ0) is 16.2. The Kier molecular flexibility index (Phi) is 5.28. The van der Waals surface area contributed by atoms with E-state index in [1.807, 2.05) is 0 Å². The summed E-state index contributed by atoms with van der Waals surface area (Å²) in [5.41, 5.74) is 0.798. The maximum atomic E-state index is 12.5. The summed E-state index contributed by atoms with van der Waals surface area (Å²) >= 11 is 1.26. The number of nitrogens with zero attached hydrogens (tertiary/aromatic N) is 2. The van der Waals surface area contributed by atoms with Crippen molar-refractivity contribution in [3.05, 3.63) is 47.0 Å². The average Bonchev–Trinajstić information content (AvgIpc) is 2.98. The first-order chi connectivity index (χ1) is 10.4. The van der Waals surface area contributed by atoms with Gasteiger partial charge in [0.2, 0.25) is 10.0 Å². The number of carboxylic acid groups (broad SMARTS) is 1. The van der Waals surface area contributed by atoms with Crippen LogP contribution >= 0.6 is 11.5 Å². The standard InChI is InChI=1S/C14H16N2O4S2/c1-16(10-12-8-9-15-21-12)22(19,20)13-5-2-11(3-6-13)4-7-14(17)18/h2-3,5-6,8-9H,4,7,10H2,1H3,(H,17,18). The molecular formula is C14H16N2O4S2. The number of carboxylic acids is 1. The molecule has 0 aliphatic rings. The molecule has 118 valence electrons.